The van der Waals surface area contributed by atoms with Crippen molar-refractivity contribution in [3.63, 3.8) is 0 Å². The molecule has 1 unspecified atom stereocenters. The monoisotopic (exact) mass is 1160 g/mol. The fraction of sp³-hybridized carbons (Fsp3) is 0.574. The lowest BCUT2D eigenvalue weighted by molar-refractivity contribution is -0.142. The number of aliphatic carboxylic acids is 1. The zero-order valence-corrected chi connectivity index (χ0v) is 47.6. The van der Waals surface area contributed by atoms with Crippen molar-refractivity contribution < 1.29 is 53.1 Å². The number of nitrogens with zero attached hydrogens (tertiary/aromatic N) is 4. The summed E-state index contributed by atoms with van der Waals surface area (Å²) in [6.07, 6.45) is 3.33. The maximum absolute atomic E-state index is 15.1. The molecule has 19 N–H and O–H groups in total. The number of hydrogen-bond acceptors (Lipinski definition) is 13. The van der Waals surface area contributed by atoms with E-state index in [9.17, 15) is 48.3 Å². The van der Waals surface area contributed by atoms with Crippen LogP contribution >= 0.6 is 0 Å². The Morgan fingerprint density at radius 2 is 1.47 bits per heavy atom. The smallest absolute Gasteiger partial charge is 0.326 e. The minimum atomic E-state index is -1.49. The number of nitrogens with one attached hydrogen (secondary N) is 10. The molecule has 0 radical (unpaired) electrons. The number of nitrogens with two attached hydrogens (primary N) is 4. The first-order chi connectivity index (χ1) is 39.3. The van der Waals surface area contributed by atoms with Crippen LogP contribution < -0.4 is 70.8 Å². The van der Waals surface area contributed by atoms with Gasteiger partial charge < -0.3 is 80.9 Å². The van der Waals surface area contributed by atoms with Crippen LogP contribution in [0.5, 0.6) is 0 Å². The highest BCUT2D eigenvalue weighted by molar-refractivity contribution is 6.00. The summed E-state index contributed by atoms with van der Waals surface area (Å²) in [5.41, 5.74) is 23.7. The molecule has 10 atom stereocenters. The van der Waals surface area contributed by atoms with Crippen LogP contribution in [0.25, 0.3) is 16.7 Å². The van der Waals surface area contributed by atoms with Crippen LogP contribution in [0, 0.1) is 17.8 Å². The Kier molecular flexibility index (Phi) is 22.0. The third kappa shape index (κ3) is 17.1. The van der Waals surface area contributed by atoms with Gasteiger partial charge in [-0.05, 0) is 67.9 Å². The van der Waals surface area contributed by atoms with Crippen LogP contribution in [0.4, 0.5) is 0 Å². The van der Waals surface area contributed by atoms with Crippen molar-refractivity contribution in [3.8, 4) is 5.82 Å². The molecule has 1 saturated heterocycles. The number of imidazole rings is 1. The van der Waals surface area contributed by atoms with E-state index in [2.05, 4.69) is 67.8 Å². The van der Waals surface area contributed by atoms with Crippen LogP contribution in [0.2, 0.25) is 0 Å². The Morgan fingerprint density at radius 3 is 2.11 bits per heavy atom. The van der Waals surface area contributed by atoms with Crippen molar-refractivity contribution in [1.29, 1.82) is 0 Å². The SMILES string of the molecule is CCC(C)[C@@H]1NC(=O)[C@H](CC(C)C)NC(=O)[C@@H](NC(=O)[C@H]2CCC(=O)N2)[C@H](C(C)C)c2ccc3c4c([nH]c3c2)-n2cnc(c2)C[C@H](C(=O)N[C@H](CCCN=C(N)N)C(=O)O)NC(=O)CNC(=O)[C@H](CCCN=C(N)N)NC(=O)[C@H](C4)NC1=O. The first kappa shape index (κ1) is 63.4. The van der Waals surface area contributed by atoms with Gasteiger partial charge in [-0.1, -0.05) is 60.1 Å². The van der Waals surface area contributed by atoms with Gasteiger partial charge in [0.15, 0.2) is 11.9 Å². The molecule has 9 amide bonds. The van der Waals surface area contributed by atoms with E-state index in [1.807, 2.05) is 34.6 Å². The third-order valence-corrected chi connectivity index (χ3v) is 15.0. The quantitative estimate of drug-likeness (QED) is 0.0266. The van der Waals surface area contributed by atoms with E-state index in [0.717, 1.165) is 0 Å². The van der Waals surface area contributed by atoms with Gasteiger partial charge in [-0.3, -0.25) is 57.7 Å². The van der Waals surface area contributed by atoms with E-state index < -0.39 is 120 Å². The van der Waals surface area contributed by atoms with Gasteiger partial charge in [-0.15, -0.1) is 0 Å². The number of guanidine groups is 2. The molecule has 0 aliphatic carbocycles. The number of H-pyrrole nitrogens is 1. The van der Waals surface area contributed by atoms with Gasteiger partial charge in [-0.25, -0.2) is 9.78 Å². The second kappa shape index (κ2) is 28.8. The fourth-order valence-electron chi connectivity index (χ4n) is 10.5. The van der Waals surface area contributed by atoms with E-state index in [1.165, 1.54) is 6.33 Å². The predicted octanol–water partition coefficient (Wildman–Crippen LogP) is -2.72. The molecule has 7 rings (SSSR count). The van der Waals surface area contributed by atoms with Gasteiger partial charge in [0.05, 0.1) is 12.2 Å². The number of rotatable bonds is 18. The van der Waals surface area contributed by atoms with Crippen molar-refractivity contribution in [2.45, 2.75) is 160 Å². The van der Waals surface area contributed by atoms with Gasteiger partial charge >= 0.3 is 5.97 Å². The van der Waals surface area contributed by atoms with E-state index in [0.29, 0.717) is 34.3 Å². The highest BCUT2D eigenvalue weighted by Crippen LogP contribution is 2.35. The molecule has 83 heavy (non-hydrogen) atoms. The van der Waals surface area contributed by atoms with Gasteiger partial charge in [0, 0.05) is 60.9 Å². The maximum atomic E-state index is 15.1. The molecular weight excluding hydrogens is 1080 g/mol. The van der Waals surface area contributed by atoms with Crippen LogP contribution in [0.3, 0.4) is 0 Å². The third-order valence-electron chi connectivity index (χ3n) is 15.0. The number of carboxylic acid groups (broad SMARTS) is 1. The van der Waals surface area contributed by atoms with Gasteiger partial charge in [0.1, 0.15) is 60.5 Å². The second-order valence-corrected chi connectivity index (χ2v) is 22.2. The first-order valence-electron chi connectivity index (χ1n) is 28.0. The molecule has 1 fully saturated rings. The van der Waals surface area contributed by atoms with Gasteiger partial charge in [0.2, 0.25) is 53.2 Å². The Balaban J connectivity index is 1.56. The van der Waals surface area contributed by atoms with E-state index in [4.69, 9.17) is 22.9 Å². The number of aliphatic imine (C=N–C) groups is 2. The maximum Gasteiger partial charge on any atom is 0.326 e. The fourth-order valence-corrected chi connectivity index (χ4v) is 10.5. The van der Waals surface area contributed by atoms with Gasteiger partial charge in [-0.2, -0.15) is 0 Å². The molecule has 0 saturated carbocycles. The van der Waals surface area contributed by atoms with Crippen molar-refractivity contribution in [2.24, 2.45) is 50.7 Å². The highest BCUT2D eigenvalue weighted by Gasteiger charge is 2.41. The molecule has 4 aliphatic heterocycles. The zero-order valence-electron chi connectivity index (χ0n) is 47.6. The van der Waals surface area contributed by atoms with Crippen molar-refractivity contribution in [3.05, 3.63) is 47.5 Å². The van der Waals surface area contributed by atoms with Crippen molar-refractivity contribution in [1.82, 2.24) is 62.4 Å². The van der Waals surface area contributed by atoms with Crippen molar-refractivity contribution >= 4 is 82.0 Å². The number of hydrogen-bond donors (Lipinski definition) is 15. The Bertz CT molecular complexity index is 2960. The average Bonchev–Trinajstić information content (AvgIpc) is 4.40. The Labute approximate surface area is 479 Å². The molecule has 4 aliphatic rings. The second-order valence-electron chi connectivity index (χ2n) is 22.2. The first-order valence-corrected chi connectivity index (χ1v) is 28.0. The Hall–Kier alpha value is -8.79. The summed E-state index contributed by atoms with van der Waals surface area (Å²) in [6, 6.07) is -5.22. The lowest BCUT2D eigenvalue weighted by Gasteiger charge is -2.33. The number of carboxylic acids is 1. The minimum absolute atomic E-state index is 0.0382. The number of amides is 9. The summed E-state index contributed by atoms with van der Waals surface area (Å²) < 4.78 is 1.57. The number of benzene rings is 1. The molecular formula is C54H80N18O11. The Morgan fingerprint density at radius 1 is 0.783 bits per heavy atom. The normalized spacial score (nSPS) is 23.6. The van der Waals surface area contributed by atoms with E-state index in [1.54, 1.807) is 35.9 Å². The zero-order chi connectivity index (χ0) is 60.8. The highest BCUT2D eigenvalue weighted by atomic mass is 16.4. The summed E-state index contributed by atoms with van der Waals surface area (Å²) in [5, 5.41) is 35.2. The average molecular weight is 1160 g/mol. The van der Waals surface area contributed by atoms with Crippen LogP contribution in [-0.4, -0.2) is 159 Å². The molecule has 7 bridgehead atoms. The number of aromatic amines is 1. The molecule has 3 aromatic rings. The molecule has 2 aromatic heterocycles. The molecule has 6 heterocycles. The molecule has 1 aromatic carbocycles. The molecule has 29 heteroatoms. The van der Waals surface area contributed by atoms with Crippen LogP contribution in [0.1, 0.15) is 116 Å². The van der Waals surface area contributed by atoms with Crippen LogP contribution in [0.15, 0.2) is 40.7 Å². The van der Waals surface area contributed by atoms with E-state index in [-0.39, 0.29) is 106 Å². The van der Waals surface area contributed by atoms with E-state index >= 15 is 4.79 Å². The number of fused-ring (bicyclic) bond motifs is 13. The number of aromatic nitrogens is 3. The largest absolute Gasteiger partial charge is 0.480 e. The summed E-state index contributed by atoms with van der Waals surface area (Å²) in [7, 11) is 0. The summed E-state index contributed by atoms with van der Waals surface area (Å²) in [6.45, 7) is 10.4. The molecule has 452 valence electrons. The lowest BCUT2D eigenvalue weighted by atomic mass is 9.81. The standard InChI is InChI=1S/C54H80N18O11/c1-7-27(6)42-50(80)69-38-21-31-30-13-12-28(41(26(4)5)43(71-46(76)33-14-15-39(73)63-33)51(81)68-36(18-25(2)3)49(79)70-42)19-35(30)65-44(31)72-23-29(62-24-72)20-37(47(77)67-34(52(82)83)11-9-17-60-54(57)58)64-40(74)22-61-45(75)32(66-48(38)78)10-8-16-59-53(55)56/h12-13,19,23-27,32-34,36-38,41-43,65H,7-11,14-18,20-22H2,1-6H3,(H,61,75)(H,63,73)(H,64,74)(H,66,78)(H,67,77)(H,68,81)(H,69,80)(H,70,79)(H,71,76)(H,82,83)(H4,55,56,59)(H4,57,58,60)/t27?,32-,33+,34+,36-,37+,38-,41+,42-,43-/m0/s1. The molecule has 29 nitrogen and oxygen atoms in total. The minimum Gasteiger partial charge on any atom is -0.480 e. The molecule has 0 spiro atoms. The van der Waals surface area contributed by atoms with Gasteiger partial charge in [0.25, 0.3) is 0 Å². The summed E-state index contributed by atoms with van der Waals surface area (Å²) in [4.78, 5) is 156. The van der Waals surface area contributed by atoms with Crippen molar-refractivity contribution in [2.75, 3.05) is 19.6 Å². The topological polar surface area (TPSA) is 462 Å². The number of carbonyl (C=O) groups excluding carboxylic acids is 9. The summed E-state index contributed by atoms with van der Waals surface area (Å²) >= 11 is 0. The van der Waals surface area contributed by atoms with Crippen LogP contribution in [-0.2, 0) is 60.8 Å². The lowest BCUT2D eigenvalue weighted by Crippen LogP contribution is -2.61. The number of carbonyl (C=O) groups is 10. The summed E-state index contributed by atoms with van der Waals surface area (Å²) in [5.74, 6) is -9.89. The predicted molar refractivity (Wildman–Crippen MR) is 304 cm³/mol.